The zero-order valence-electron chi connectivity index (χ0n) is 10.4. The highest BCUT2D eigenvalue weighted by Crippen LogP contribution is 2.32. The van der Waals surface area contributed by atoms with E-state index in [1.54, 1.807) is 0 Å². The van der Waals surface area contributed by atoms with Gasteiger partial charge in [0.25, 0.3) is 0 Å². The van der Waals surface area contributed by atoms with Crippen LogP contribution in [-0.2, 0) is 4.79 Å². The summed E-state index contributed by atoms with van der Waals surface area (Å²) in [6.45, 7) is 3.77. The molecular formula is C12H23N3O. The number of hydrogen-bond donors (Lipinski definition) is 1. The quantitative estimate of drug-likeness (QED) is 0.757. The molecule has 0 aromatic carbocycles. The van der Waals surface area contributed by atoms with Gasteiger partial charge in [-0.05, 0) is 46.2 Å². The highest BCUT2D eigenvalue weighted by Gasteiger charge is 2.41. The summed E-state index contributed by atoms with van der Waals surface area (Å²) in [5.41, 5.74) is 5.61. The van der Waals surface area contributed by atoms with Crippen LogP contribution in [-0.4, -0.2) is 54.0 Å². The number of carbonyl (C=O) groups is 1. The standard InChI is InChI=1S/C12H23N3O/c1-9-6-8-14(2)11(5-7-13)12(16)15(9)10-3-4-10/h9-11H,3-8,13H2,1-2H3. The summed E-state index contributed by atoms with van der Waals surface area (Å²) < 4.78 is 0. The molecule has 0 radical (unpaired) electrons. The van der Waals surface area contributed by atoms with Gasteiger partial charge in [0.1, 0.15) is 0 Å². The summed E-state index contributed by atoms with van der Waals surface area (Å²) in [5.74, 6) is 0.306. The van der Waals surface area contributed by atoms with Crippen molar-refractivity contribution in [1.29, 1.82) is 0 Å². The highest BCUT2D eigenvalue weighted by molar-refractivity contribution is 5.83. The summed E-state index contributed by atoms with van der Waals surface area (Å²) >= 11 is 0. The summed E-state index contributed by atoms with van der Waals surface area (Å²) in [4.78, 5) is 16.8. The predicted octanol–water partition coefficient (Wildman–Crippen LogP) is 0.419. The lowest BCUT2D eigenvalue weighted by Crippen LogP contribution is -2.48. The van der Waals surface area contributed by atoms with E-state index in [-0.39, 0.29) is 6.04 Å². The lowest BCUT2D eigenvalue weighted by Gasteiger charge is -2.30. The molecule has 2 rings (SSSR count). The summed E-state index contributed by atoms with van der Waals surface area (Å²) in [7, 11) is 2.04. The van der Waals surface area contributed by atoms with Crippen LogP contribution in [0.5, 0.6) is 0 Å². The minimum atomic E-state index is 0.00977. The number of nitrogens with two attached hydrogens (primary N) is 1. The Kier molecular flexibility index (Phi) is 3.50. The zero-order valence-corrected chi connectivity index (χ0v) is 10.4. The van der Waals surface area contributed by atoms with Crippen LogP contribution in [0.25, 0.3) is 0 Å². The van der Waals surface area contributed by atoms with Crippen LogP contribution >= 0.6 is 0 Å². The lowest BCUT2D eigenvalue weighted by atomic mass is 10.1. The van der Waals surface area contributed by atoms with E-state index in [2.05, 4.69) is 16.7 Å². The fourth-order valence-electron chi connectivity index (χ4n) is 2.66. The molecule has 4 nitrogen and oxygen atoms in total. The van der Waals surface area contributed by atoms with E-state index in [1.807, 2.05) is 7.05 Å². The van der Waals surface area contributed by atoms with E-state index >= 15 is 0 Å². The third-order valence-corrected chi connectivity index (χ3v) is 3.83. The third-order valence-electron chi connectivity index (χ3n) is 3.83. The molecule has 4 heteroatoms. The highest BCUT2D eigenvalue weighted by atomic mass is 16.2. The minimum absolute atomic E-state index is 0.00977. The molecule has 2 unspecified atom stereocenters. The Labute approximate surface area is 97.8 Å². The van der Waals surface area contributed by atoms with Crippen LogP contribution in [0.1, 0.15) is 32.6 Å². The van der Waals surface area contributed by atoms with Gasteiger partial charge in [-0.2, -0.15) is 0 Å². The predicted molar refractivity (Wildman–Crippen MR) is 64.0 cm³/mol. The fraction of sp³-hybridized carbons (Fsp3) is 0.917. The van der Waals surface area contributed by atoms with Gasteiger partial charge >= 0.3 is 0 Å². The molecule has 0 bridgehead atoms. The lowest BCUT2D eigenvalue weighted by molar-refractivity contribution is -0.137. The molecule has 1 aliphatic carbocycles. The number of likely N-dealkylation sites (N-methyl/N-ethyl adjacent to an activating group) is 1. The molecule has 0 spiro atoms. The monoisotopic (exact) mass is 225 g/mol. The summed E-state index contributed by atoms with van der Waals surface area (Å²) in [6.07, 6.45) is 4.25. The Morgan fingerprint density at radius 2 is 2.06 bits per heavy atom. The topological polar surface area (TPSA) is 49.6 Å². The van der Waals surface area contributed by atoms with Crippen LogP contribution in [0.2, 0.25) is 0 Å². The maximum absolute atomic E-state index is 12.5. The van der Waals surface area contributed by atoms with E-state index in [9.17, 15) is 4.79 Å². The van der Waals surface area contributed by atoms with Crippen molar-refractivity contribution in [1.82, 2.24) is 9.80 Å². The van der Waals surface area contributed by atoms with Crippen molar-refractivity contribution in [3.05, 3.63) is 0 Å². The molecule has 92 valence electrons. The number of nitrogens with zero attached hydrogens (tertiary/aromatic N) is 2. The van der Waals surface area contributed by atoms with Crippen LogP contribution < -0.4 is 5.73 Å². The maximum Gasteiger partial charge on any atom is 0.240 e. The van der Waals surface area contributed by atoms with Crippen molar-refractivity contribution in [2.45, 2.75) is 50.7 Å². The number of rotatable bonds is 3. The average Bonchev–Trinajstić information content (AvgIpc) is 3.06. The normalized spacial score (nSPS) is 32.9. The van der Waals surface area contributed by atoms with Crippen molar-refractivity contribution in [2.75, 3.05) is 20.1 Å². The van der Waals surface area contributed by atoms with Crippen molar-refractivity contribution in [3.63, 3.8) is 0 Å². The second-order valence-electron chi connectivity index (χ2n) is 5.19. The molecule has 2 aliphatic rings. The van der Waals surface area contributed by atoms with Gasteiger partial charge < -0.3 is 10.6 Å². The van der Waals surface area contributed by atoms with Gasteiger partial charge in [0.05, 0.1) is 6.04 Å². The molecule has 0 aromatic rings. The van der Waals surface area contributed by atoms with E-state index in [1.165, 1.54) is 12.8 Å². The van der Waals surface area contributed by atoms with Crippen molar-refractivity contribution in [3.8, 4) is 0 Å². The molecular weight excluding hydrogens is 202 g/mol. The number of carbonyl (C=O) groups excluding carboxylic acids is 1. The first-order valence-electron chi connectivity index (χ1n) is 6.37. The van der Waals surface area contributed by atoms with Gasteiger partial charge in [-0.25, -0.2) is 0 Å². The van der Waals surface area contributed by atoms with Gasteiger partial charge in [-0.3, -0.25) is 9.69 Å². The van der Waals surface area contributed by atoms with Gasteiger partial charge in [-0.15, -0.1) is 0 Å². The van der Waals surface area contributed by atoms with E-state index in [0.717, 1.165) is 19.4 Å². The number of hydrogen-bond acceptors (Lipinski definition) is 3. The first-order chi connectivity index (χ1) is 7.65. The smallest absolute Gasteiger partial charge is 0.240 e. The fourth-order valence-corrected chi connectivity index (χ4v) is 2.66. The molecule has 1 saturated carbocycles. The SMILES string of the molecule is CC1CCN(C)C(CCN)C(=O)N1C1CC1. The zero-order chi connectivity index (χ0) is 11.7. The van der Waals surface area contributed by atoms with Crippen LogP contribution in [0.4, 0.5) is 0 Å². The van der Waals surface area contributed by atoms with Gasteiger partial charge in [0.15, 0.2) is 0 Å². The molecule has 0 aromatic heterocycles. The van der Waals surface area contributed by atoms with E-state index in [4.69, 9.17) is 5.73 Å². The molecule has 1 heterocycles. The van der Waals surface area contributed by atoms with Crippen LogP contribution in [0, 0.1) is 0 Å². The summed E-state index contributed by atoms with van der Waals surface area (Å²) in [5, 5.41) is 0. The third kappa shape index (κ3) is 2.23. The Balaban J connectivity index is 2.14. The largest absolute Gasteiger partial charge is 0.336 e. The molecule has 1 saturated heterocycles. The van der Waals surface area contributed by atoms with Crippen LogP contribution in [0.3, 0.4) is 0 Å². The molecule has 2 N–H and O–H groups in total. The molecule has 2 atom stereocenters. The van der Waals surface area contributed by atoms with Crippen LogP contribution in [0.15, 0.2) is 0 Å². The average molecular weight is 225 g/mol. The van der Waals surface area contributed by atoms with Gasteiger partial charge in [0, 0.05) is 18.6 Å². The molecule has 2 fully saturated rings. The first kappa shape index (κ1) is 11.9. The second kappa shape index (κ2) is 4.72. The van der Waals surface area contributed by atoms with Gasteiger partial charge in [-0.1, -0.05) is 0 Å². The Morgan fingerprint density at radius 3 is 2.62 bits per heavy atom. The van der Waals surface area contributed by atoms with E-state index in [0.29, 0.717) is 24.5 Å². The summed E-state index contributed by atoms with van der Waals surface area (Å²) in [6, 6.07) is 0.926. The Bertz CT molecular complexity index is 265. The molecule has 1 aliphatic heterocycles. The van der Waals surface area contributed by atoms with E-state index < -0.39 is 0 Å². The molecule has 16 heavy (non-hydrogen) atoms. The molecule has 1 amide bonds. The Hall–Kier alpha value is -0.610. The van der Waals surface area contributed by atoms with Gasteiger partial charge in [0.2, 0.25) is 5.91 Å². The van der Waals surface area contributed by atoms with Crippen molar-refractivity contribution < 1.29 is 4.79 Å². The maximum atomic E-state index is 12.5. The minimum Gasteiger partial charge on any atom is -0.336 e. The Morgan fingerprint density at radius 1 is 1.38 bits per heavy atom. The van der Waals surface area contributed by atoms with Crippen molar-refractivity contribution in [2.24, 2.45) is 5.73 Å². The number of amides is 1. The van der Waals surface area contributed by atoms with Crippen molar-refractivity contribution >= 4 is 5.91 Å². The first-order valence-corrected chi connectivity index (χ1v) is 6.37. The second-order valence-corrected chi connectivity index (χ2v) is 5.19.